The summed E-state index contributed by atoms with van der Waals surface area (Å²) in [6.45, 7) is 3.95. The van der Waals surface area contributed by atoms with Gasteiger partial charge in [0.05, 0.1) is 11.7 Å². The number of aryl methyl sites for hydroxylation is 2. The predicted octanol–water partition coefficient (Wildman–Crippen LogP) is 2.67. The van der Waals surface area contributed by atoms with Gasteiger partial charge in [0, 0.05) is 10.9 Å². The van der Waals surface area contributed by atoms with Gasteiger partial charge in [-0.15, -0.1) is 4.68 Å². The highest BCUT2D eigenvalue weighted by Gasteiger charge is 2.12. The quantitative estimate of drug-likeness (QED) is 0.553. The lowest BCUT2D eigenvalue weighted by Gasteiger charge is -1.98. The molecule has 6 heteroatoms. The molecule has 0 saturated heterocycles. The molecule has 0 unspecified atom stereocenters. The number of aromatic amines is 2. The molecule has 0 atom stereocenters. The van der Waals surface area contributed by atoms with E-state index in [1.165, 1.54) is 6.21 Å². The van der Waals surface area contributed by atoms with E-state index >= 15 is 0 Å². The van der Waals surface area contributed by atoms with Crippen LogP contribution >= 0.6 is 0 Å². The Kier molecular flexibility index (Phi) is 3.39. The Morgan fingerprint density at radius 2 is 1.64 bits per heavy atom. The number of nitrogens with zero attached hydrogens (tertiary/aromatic N) is 2. The van der Waals surface area contributed by atoms with Crippen LogP contribution in [0.1, 0.15) is 16.7 Å². The third kappa shape index (κ3) is 2.57. The van der Waals surface area contributed by atoms with Gasteiger partial charge in [0.2, 0.25) is 0 Å². The standard InChI is InChI=1S/C19H16N4O2/c1-11-3-6-13(7-4-11)10-20-23-18(24)17-16(22-19(23)25)14-9-12(2)5-8-15(14)21-17/h3-10,21H,1-2H3,(H,22,25). The minimum Gasteiger partial charge on any atom is -0.349 e. The van der Waals surface area contributed by atoms with Crippen molar-refractivity contribution in [2.45, 2.75) is 13.8 Å². The Morgan fingerprint density at radius 3 is 2.40 bits per heavy atom. The Hall–Kier alpha value is -3.41. The predicted molar refractivity (Wildman–Crippen MR) is 99.6 cm³/mol. The van der Waals surface area contributed by atoms with Gasteiger partial charge in [-0.1, -0.05) is 41.5 Å². The smallest absolute Gasteiger partial charge is 0.349 e. The molecule has 2 N–H and O–H groups in total. The molecule has 0 radical (unpaired) electrons. The lowest BCUT2D eigenvalue weighted by Crippen LogP contribution is -2.32. The van der Waals surface area contributed by atoms with Crippen molar-refractivity contribution >= 4 is 28.2 Å². The Labute approximate surface area is 142 Å². The molecular weight excluding hydrogens is 316 g/mol. The summed E-state index contributed by atoms with van der Waals surface area (Å²) in [6, 6.07) is 13.4. The van der Waals surface area contributed by atoms with Gasteiger partial charge in [-0.3, -0.25) is 4.79 Å². The molecule has 0 spiro atoms. The molecule has 2 heterocycles. The van der Waals surface area contributed by atoms with Crippen molar-refractivity contribution < 1.29 is 0 Å². The van der Waals surface area contributed by atoms with Crippen LogP contribution in [0.3, 0.4) is 0 Å². The molecule has 0 aliphatic rings. The van der Waals surface area contributed by atoms with Crippen LogP contribution in [-0.2, 0) is 0 Å². The van der Waals surface area contributed by atoms with E-state index in [1.54, 1.807) is 0 Å². The molecule has 6 nitrogen and oxygen atoms in total. The molecule has 25 heavy (non-hydrogen) atoms. The molecule has 0 fully saturated rings. The van der Waals surface area contributed by atoms with Gasteiger partial charge in [0.1, 0.15) is 5.52 Å². The summed E-state index contributed by atoms with van der Waals surface area (Å²) in [7, 11) is 0. The molecule has 0 aliphatic carbocycles. The lowest BCUT2D eigenvalue weighted by atomic mass is 10.2. The highest BCUT2D eigenvalue weighted by atomic mass is 16.2. The van der Waals surface area contributed by atoms with E-state index < -0.39 is 11.2 Å². The lowest BCUT2D eigenvalue weighted by molar-refractivity contribution is 0.770. The summed E-state index contributed by atoms with van der Waals surface area (Å²) in [5.74, 6) is 0. The molecule has 4 rings (SSSR count). The maximum atomic E-state index is 12.7. The molecular formula is C19H16N4O2. The minimum atomic E-state index is -0.566. The summed E-state index contributed by atoms with van der Waals surface area (Å²) >= 11 is 0. The number of fused-ring (bicyclic) bond motifs is 3. The van der Waals surface area contributed by atoms with Crippen molar-refractivity contribution in [3.8, 4) is 0 Å². The van der Waals surface area contributed by atoms with E-state index in [2.05, 4.69) is 15.1 Å². The van der Waals surface area contributed by atoms with Crippen LogP contribution in [0.2, 0.25) is 0 Å². The van der Waals surface area contributed by atoms with Crippen LogP contribution in [0.25, 0.3) is 21.9 Å². The van der Waals surface area contributed by atoms with E-state index in [4.69, 9.17) is 0 Å². The topological polar surface area (TPSA) is 83.0 Å². The van der Waals surface area contributed by atoms with Crippen molar-refractivity contribution in [3.63, 3.8) is 0 Å². The van der Waals surface area contributed by atoms with Crippen molar-refractivity contribution in [1.29, 1.82) is 0 Å². The van der Waals surface area contributed by atoms with Crippen LogP contribution in [-0.4, -0.2) is 20.9 Å². The average molecular weight is 332 g/mol. The number of aromatic nitrogens is 3. The Balaban J connectivity index is 1.90. The van der Waals surface area contributed by atoms with Crippen LogP contribution in [0, 0.1) is 13.8 Å². The fourth-order valence-electron chi connectivity index (χ4n) is 2.84. The highest BCUT2D eigenvalue weighted by molar-refractivity contribution is 6.04. The summed E-state index contributed by atoms with van der Waals surface area (Å²) in [6.07, 6.45) is 1.49. The van der Waals surface area contributed by atoms with Gasteiger partial charge in [-0.05, 0) is 31.5 Å². The van der Waals surface area contributed by atoms with Crippen molar-refractivity contribution in [2.75, 3.05) is 0 Å². The molecule has 0 aliphatic heterocycles. The first-order valence-electron chi connectivity index (χ1n) is 7.91. The highest BCUT2D eigenvalue weighted by Crippen LogP contribution is 2.21. The number of rotatable bonds is 2. The van der Waals surface area contributed by atoms with Gasteiger partial charge in [0.15, 0.2) is 0 Å². The SMILES string of the molecule is Cc1ccc(C=Nn2c(=O)[nH]c3c([nH]c4ccc(C)cc43)c2=O)cc1. The van der Waals surface area contributed by atoms with E-state index in [-0.39, 0.29) is 0 Å². The van der Waals surface area contributed by atoms with E-state index in [0.29, 0.717) is 11.0 Å². The first kappa shape index (κ1) is 15.1. The fourth-order valence-corrected chi connectivity index (χ4v) is 2.84. The normalized spacial score (nSPS) is 11.8. The van der Waals surface area contributed by atoms with Crippen LogP contribution in [0.4, 0.5) is 0 Å². The summed E-state index contributed by atoms with van der Waals surface area (Å²) in [4.78, 5) is 30.8. The monoisotopic (exact) mass is 332 g/mol. The molecule has 0 amide bonds. The van der Waals surface area contributed by atoms with Crippen LogP contribution in [0.15, 0.2) is 57.2 Å². The largest absolute Gasteiger partial charge is 0.350 e. The minimum absolute atomic E-state index is 0.334. The second-order valence-electron chi connectivity index (χ2n) is 6.13. The second kappa shape index (κ2) is 5.59. The summed E-state index contributed by atoms with van der Waals surface area (Å²) < 4.78 is 0.838. The first-order valence-corrected chi connectivity index (χ1v) is 7.91. The number of nitrogens with one attached hydrogen (secondary N) is 2. The zero-order valence-electron chi connectivity index (χ0n) is 13.8. The maximum Gasteiger partial charge on any atom is 0.350 e. The molecule has 2 aromatic heterocycles. The number of hydrogen-bond donors (Lipinski definition) is 2. The van der Waals surface area contributed by atoms with Crippen molar-refractivity contribution in [1.82, 2.24) is 14.6 Å². The van der Waals surface area contributed by atoms with E-state index in [9.17, 15) is 9.59 Å². The zero-order chi connectivity index (χ0) is 17.6. The van der Waals surface area contributed by atoms with Gasteiger partial charge in [0.25, 0.3) is 0 Å². The van der Waals surface area contributed by atoms with Gasteiger partial charge >= 0.3 is 11.2 Å². The number of H-pyrrole nitrogens is 2. The van der Waals surface area contributed by atoms with Crippen LogP contribution in [0.5, 0.6) is 0 Å². The first-order chi connectivity index (χ1) is 12.0. The Morgan fingerprint density at radius 1 is 0.920 bits per heavy atom. The molecule has 124 valence electrons. The average Bonchev–Trinajstić information content (AvgIpc) is 2.94. The van der Waals surface area contributed by atoms with Crippen LogP contribution < -0.4 is 11.2 Å². The van der Waals surface area contributed by atoms with Gasteiger partial charge in [-0.2, -0.15) is 5.10 Å². The molecule has 0 bridgehead atoms. The third-order valence-corrected chi connectivity index (χ3v) is 4.18. The van der Waals surface area contributed by atoms with Crippen molar-refractivity contribution in [2.24, 2.45) is 5.10 Å². The third-order valence-electron chi connectivity index (χ3n) is 4.18. The summed E-state index contributed by atoms with van der Waals surface area (Å²) in [5, 5.41) is 4.88. The molecule has 4 aromatic rings. The van der Waals surface area contributed by atoms with Crippen molar-refractivity contribution in [3.05, 3.63) is 80.0 Å². The maximum absolute atomic E-state index is 12.7. The zero-order valence-corrected chi connectivity index (χ0v) is 13.8. The van der Waals surface area contributed by atoms with E-state index in [0.717, 1.165) is 32.3 Å². The van der Waals surface area contributed by atoms with Gasteiger partial charge in [-0.25, -0.2) is 4.79 Å². The second-order valence-corrected chi connectivity index (χ2v) is 6.13. The van der Waals surface area contributed by atoms with Gasteiger partial charge < -0.3 is 9.97 Å². The summed E-state index contributed by atoms with van der Waals surface area (Å²) in [5.41, 5.74) is 3.59. The van der Waals surface area contributed by atoms with E-state index in [1.807, 2.05) is 56.3 Å². The fraction of sp³-hybridized carbons (Fsp3) is 0.105. The Bertz CT molecular complexity index is 1240. The number of hydrogen-bond acceptors (Lipinski definition) is 3. The molecule has 2 aromatic carbocycles. The number of benzene rings is 2. The molecule has 0 saturated carbocycles.